The number of rotatable bonds is 6. The molecule has 0 saturated heterocycles. The van der Waals surface area contributed by atoms with Gasteiger partial charge in [-0.3, -0.25) is 4.79 Å². The number of carbonyl (C=O) groups is 1. The van der Waals surface area contributed by atoms with Gasteiger partial charge < -0.3 is 4.74 Å². The normalized spacial score (nSPS) is 13.2. The van der Waals surface area contributed by atoms with Gasteiger partial charge in [0.1, 0.15) is 5.76 Å². The molecule has 3 heteroatoms. The van der Waals surface area contributed by atoms with Crippen LogP contribution in [0, 0.1) is 0 Å². The van der Waals surface area contributed by atoms with Crippen LogP contribution in [0.3, 0.4) is 0 Å². The molecule has 0 N–H and O–H groups in total. The topological polar surface area (TPSA) is 26.3 Å². The Balaban J connectivity index is 2.58. The smallest absolute Gasteiger partial charge is 0.150 e. The van der Waals surface area contributed by atoms with E-state index in [4.69, 9.17) is 4.74 Å². The van der Waals surface area contributed by atoms with Gasteiger partial charge in [-0.25, -0.2) is 0 Å². The summed E-state index contributed by atoms with van der Waals surface area (Å²) in [4.78, 5) is 11.5. The van der Waals surface area contributed by atoms with Crippen molar-refractivity contribution in [2.24, 2.45) is 0 Å². The quantitative estimate of drug-likeness (QED) is 0.417. The van der Waals surface area contributed by atoms with Crippen molar-refractivity contribution in [1.82, 2.24) is 0 Å². The maximum Gasteiger partial charge on any atom is 0.150 e. The minimum absolute atomic E-state index is 0.0657. The fourth-order valence-electron chi connectivity index (χ4n) is 2.52. The number of allylic oxidation sites excluding steroid dienone is 2. The van der Waals surface area contributed by atoms with Gasteiger partial charge in [0.25, 0.3) is 0 Å². The van der Waals surface area contributed by atoms with E-state index in [9.17, 15) is 4.79 Å². The lowest BCUT2D eigenvalue weighted by Crippen LogP contribution is -2.07. The van der Waals surface area contributed by atoms with Crippen molar-refractivity contribution in [3.63, 3.8) is 0 Å². The van der Waals surface area contributed by atoms with Crippen LogP contribution in [0.15, 0.2) is 60.4 Å². The molecule has 0 amide bonds. The van der Waals surface area contributed by atoms with E-state index in [0.29, 0.717) is 12.0 Å². The molecule has 1 atom stereocenters. The Hall–Kier alpha value is -1.87. The molecule has 0 aliphatic carbocycles. The standard InChI is InChI=1S/C19H19BrO2/c1-14(20)19(22-2)18(12-15-8-4-3-5-9-15)17-11-7-6-10-16(17)13-21/h3-11,13-14H,12H2,1-2H3/b19-18-. The van der Waals surface area contributed by atoms with Crippen molar-refractivity contribution in [2.75, 3.05) is 7.11 Å². The lowest BCUT2D eigenvalue weighted by Gasteiger charge is -2.18. The Morgan fingerprint density at radius 2 is 1.77 bits per heavy atom. The van der Waals surface area contributed by atoms with E-state index in [2.05, 4.69) is 28.1 Å². The fourth-order valence-corrected chi connectivity index (χ4v) is 2.98. The molecular weight excluding hydrogens is 340 g/mol. The Kier molecular flexibility index (Phi) is 5.96. The van der Waals surface area contributed by atoms with Crippen molar-refractivity contribution < 1.29 is 9.53 Å². The zero-order valence-electron chi connectivity index (χ0n) is 12.8. The van der Waals surface area contributed by atoms with Crippen LogP contribution in [0.4, 0.5) is 0 Å². The maximum atomic E-state index is 11.4. The van der Waals surface area contributed by atoms with Gasteiger partial charge in [-0.2, -0.15) is 0 Å². The first-order valence-electron chi connectivity index (χ1n) is 7.17. The van der Waals surface area contributed by atoms with Crippen LogP contribution in [0.2, 0.25) is 0 Å². The van der Waals surface area contributed by atoms with Crippen molar-refractivity contribution in [3.8, 4) is 0 Å². The molecule has 2 aromatic carbocycles. The highest BCUT2D eigenvalue weighted by Crippen LogP contribution is 2.30. The Labute approximate surface area is 139 Å². The summed E-state index contributed by atoms with van der Waals surface area (Å²) in [5.41, 5.74) is 3.81. The lowest BCUT2D eigenvalue weighted by atomic mass is 9.93. The summed E-state index contributed by atoms with van der Waals surface area (Å²) < 4.78 is 5.62. The molecule has 114 valence electrons. The number of alkyl halides is 1. The van der Waals surface area contributed by atoms with Crippen LogP contribution in [0.5, 0.6) is 0 Å². The zero-order valence-corrected chi connectivity index (χ0v) is 14.3. The third-order valence-electron chi connectivity index (χ3n) is 3.52. The second-order valence-electron chi connectivity index (χ2n) is 5.03. The molecule has 2 aromatic rings. The molecule has 0 bridgehead atoms. The molecule has 0 spiro atoms. The number of carbonyl (C=O) groups excluding carboxylic acids is 1. The first kappa shape index (κ1) is 16.5. The number of benzene rings is 2. The van der Waals surface area contributed by atoms with Crippen molar-refractivity contribution in [2.45, 2.75) is 18.2 Å². The van der Waals surface area contributed by atoms with Crippen LogP contribution < -0.4 is 0 Å². The first-order valence-corrected chi connectivity index (χ1v) is 8.08. The number of halogens is 1. The second kappa shape index (κ2) is 7.95. The molecule has 0 aliphatic rings. The van der Waals surface area contributed by atoms with Gasteiger partial charge in [-0.1, -0.05) is 70.5 Å². The van der Waals surface area contributed by atoms with E-state index >= 15 is 0 Å². The van der Waals surface area contributed by atoms with Crippen molar-refractivity contribution in [1.29, 1.82) is 0 Å². The summed E-state index contributed by atoms with van der Waals surface area (Å²) in [5, 5.41) is 0. The predicted octanol–water partition coefficient (Wildman–Crippen LogP) is 4.88. The monoisotopic (exact) mass is 358 g/mol. The number of hydrogen-bond donors (Lipinski definition) is 0. The van der Waals surface area contributed by atoms with E-state index in [1.165, 1.54) is 5.56 Å². The van der Waals surface area contributed by atoms with Crippen molar-refractivity contribution >= 4 is 27.8 Å². The summed E-state index contributed by atoms with van der Waals surface area (Å²) >= 11 is 3.59. The number of aldehydes is 1. The molecule has 22 heavy (non-hydrogen) atoms. The van der Waals surface area contributed by atoms with Crippen LogP contribution in [-0.2, 0) is 11.2 Å². The summed E-state index contributed by atoms with van der Waals surface area (Å²) in [7, 11) is 1.67. The second-order valence-corrected chi connectivity index (χ2v) is 6.40. The molecule has 2 rings (SSSR count). The third-order valence-corrected chi connectivity index (χ3v) is 3.93. The van der Waals surface area contributed by atoms with Gasteiger partial charge in [0.2, 0.25) is 0 Å². The summed E-state index contributed by atoms with van der Waals surface area (Å²) in [6, 6.07) is 17.8. The molecule has 0 heterocycles. The number of hydrogen-bond acceptors (Lipinski definition) is 2. The largest absolute Gasteiger partial charge is 0.500 e. The van der Waals surface area contributed by atoms with Gasteiger partial charge in [-0.05, 0) is 18.1 Å². The van der Waals surface area contributed by atoms with Gasteiger partial charge in [-0.15, -0.1) is 0 Å². The Bertz CT molecular complexity index is 660. The highest BCUT2D eigenvalue weighted by molar-refractivity contribution is 9.09. The van der Waals surface area contributed by atoms with Crippen LogP contribution in [-0.4, -0.2) is 18.2 Å². The zero-order chi connectivity index (χ0) is 15.9. The summed E-state index contributed by atoms with van der Waals surface area (Å²) in [6.07, 6.45) is 1.61. The lowest BCUT2D eigenvalue weighted by molar-refractivity contribution is 0.112. The number of ether oxygens (including phenoxy) is 1. The molecule has 0 aliphatic heterocycles. The molecular formula is C19H19BrO2. The minimum atomic E-state index is 0.0657. The maximum absolute atomic E-state index is 11.4. The summed E-state index contributed by atoms with van der Waals surface area (Å²) in [6.45, 7) is 2.02. The Morgan fingerprint density at radius 1 is 1.14 bits per heavy atom. The average molecular weight is 359 g/mol. The van der Waals surface area contributed by atoms with Crippen LogP contribution in [0.1, 0.15) is 28.4 Å². The van der Waals surface area contributed by atoms with Crippen LogP contribution in [0.25, 0.3) is 5.57 Å². The van der Waals surface area contributed by atoms with Gasteiger partial charge in [0, 0.05) is 17.6 Å². The molecule has 0 aromatic heterocycles. The highest BCUT2D eigenvalue weighted by atomic mass is 79.9. The SMILES string of the molecule is CO/C(=C(/Cc1ccccc1)c1ccccc1C=O)C(C)Br. The number of methoxy groups -OCH3 is 1. The molecule has 2 nitrogen and oxygen atoms in total. The van der Waals surface area contributed by atoms with Gasteiger partial charge in [0.15, 0.2) is 6.29 Å². The van der Waals surface area contributed by atoms with Crippen molar-refractivity contribution in [3.05, 3.63) is 77.0 Å². The van der Waals surface area contributed by atoms with E-state index in [1.54, 1.807) is 7.11 Å². The molecule has 0 radical (unpaired) electrons. The Morgan fingerprint density at radius 3 is 2.36 bits per heavy atom. The fraction of sp³-hybridized carbons (Fsp3) is 0.211. The first-order chi connectivity index (χ1) is 10.7. The van der Waals surface area contributed by atoms with E-state index in [1.807, 2.05) is 49.4 Å². The average Bonchev–Trinajstić information content (AvgIpc) is 2.55. The minimum Gasteiger partial charge on any atom is -0.500 e. The van der Waals surface area contributed by atoms with Crippen LogP contribution >= 0.6 is 15.9 Å². The van der Waals surface area contributed by atoms with Gasteiger partial charge >= 0.3 is 0 Å². The molecule has 0 saturated carbocycles. The van der Waals surface area contributed by atoms with E-state index < -0.39 is 0 Å². The van der Waals surface area contributed by atoms with Gasteiger partial charge in [0.05, 0.1) is 11.9 Å². The third kappa shape index (κ3) is 3.86. The summed E-state index contributed by atoms with van der Waals surface area (Å²) in [5.74, 6) is 0.846. The molecule has 0 fully saturated rings. The molecule has 1 unspecified atom stereocenters. The van der Waals surface area contributed by atoms with E-state index in [-0.39, 0.29) is 4.83 Å². The van der Waals surface area contributed by atoms with E-state index in [0.717, 1.165) is 23.2 Å². The highest BCUT2D eigenvalue weighted by Gasteiger charge is 2.17. The predicted molar refractivity (Wildman–Crippen MR) is 94.3 cm³/mol.